The van der Waals surface area contributed by atoms with Crippen LogP contribution in [0, 0.1) is 0 Å². The molecular formula is C12H23N3O4S. The fourth-order valence-electron chi connectivity index (χ4n) is 3.04. The minimum Gasteiger partial charge on any atom is -0.389 e. The molecule has 1 aliphatic carbocycles. The summed E-state index contributed by atoms with van der Waals surface area (Å²) in [5.74, 6) is -0.401. The summed E-state index contributed by atoms with van der Waals surface area (Å²) < 4.78 is 24.0. The van der Waals surface area contributed by atoms with Crippen LogP contribution in [0.15, 0.2) is 0 Å². The van der Waals surface area contributed by atoms with Crippen LogP contribution in [0.5, 0.6) is 0 Å². The van der Waals surface area contributed by atoms with Crippen molar-refractivity contribution in [2.24, 2.45) is 0 Å². The van der Waals surface area contributed by atoms with Crippen molar-refractivity contribution in [3.05, 3.63) is 0 Å². The molecule has 7 nitrogen and oxygen atoms in total. The maximum atomic E-state index is 11.7. The molecule has 2 fully saturated rings. The molecule has 1 saturated carbocycles. The first-order valence-corrected chi connectivity index (χ1v) is 8.92. The number of nitrogens with one attached hydrogen (secondary N) is 2. The Bertz CT molecular complexity index is 448. The van der Waals surface area contributed by atoms with E-state index < -0.39 is 22.0 Å². The van der Waals surface area contributed by atoms with Gasteiger partial charge in [-0.15, -0.1) is 0 Å². The lowest BCUT2D eigenvalue weighted by atomic mass is 10.1. The highest BCUT2D eigenvalue weighted by Crippen LogP contribution is 2.27. The second-order valence-corrected chi connectivity index (χ2v) is 7.48. The van der Waals surface area contributed by atoms with Crippen LogP contribution in [-0.4, -0.2) is 68.4 Å². The summed E-state index contributed by atoms with van der Waals surface area (Å²) in [5.41, 5.74) is 0. The molecule has 0 aromatic heterocycles. The first kappa shape index (κ1) is 15.7. The molecule has 0 aromatic carbocycles. The zero-order chi connectivity index (χ0) is 14.8. The van der Waals surface area contributed by atoms with Crippen molar-refractivity contribution in [2.75, 3.05) is 25.9 Å². The molecule has 0 radical (unpaired) electrons. The highest BCUT2D eigenvalue weighted by Gasteiger charge is 2.39. The molecule has 0 unspecified atom stereocenters. The Morgan fingerprint density at radius 2 is 1.95 bits per heavy atom. The Kier molecular flexibility index (Phi) is 5.00. The summed E-state index contributed by atoms with van der Waals surface area (Å²) in [5, 5.41) is 13.0. The molecule has 8 heteroatoms. The second-order valence-electron chi connectivity index (χ2n) is 5.65. The molecule has 20 heavy (non-hydrogen) atoms. The van der Waals surface area contributed by atoms with Gasteiger partial charge in [0.15, 0.2) is 0 Å². The lowest BCUT2D eigenvalue weighted by Gasteiger charge is -2.28. The summed E-state index contributed by atoms with van der Waals surface area (Å²) in [4.78, 5) is 13.9. The van der Waals surface area contributed by atoms with E-state index in [1.165, 1.54) is 12.8 Å². The van der Waals surface area contributed by atoms with Gasteiger partial charge in [-0.2, -0.15) is 0 Å². The van der Waals surface area contributed by atoms with Crippen LogP contribution >= 0.6 is 0 Å². The van der Waals surface area contributed by atoms with Gasteiger partial charge in [-0.05, 0) is 38.8 Å². The van der Waals surface area contributed by atoms with Crippen LogP contribution in [0.2, 0.25) is 0 Å². The summed E-state index contributed by atoms with van der Waals surface area (Å²) in [6.07, 6.45) is 4.36. The van der Waals surface area contributed by atoms with Crippen molar-refractivity contribution < 1.29 is 18.3 Å². The summed E-state index contributed by atoms with van der Waals surface area (Å²) >= 11 is 0. The molecule has 0 spiro atoms. The van der Waals surface area contributed by atoms with E-state index in [-0.39, 0.29) is 18.6 Å². The summed E-state index contributed by atoms with van der Waals surface area (Å²) in [6, 6.07) is -0.167. The Balaban J connectivity index is 1.80. The van der Waals surface area contributed by atoms with Gasteiger partial charge in [-0.1, -0.05) is 0 Å². The van der Waals surface area contributed by atoms with Gasteiger partial charge in [-0.3, -0.25) is 9.69 Å². The topological polar surface area (TPSA) is 98.7 Å². The Morgan fingerprint density at radius 3 is 2.55 bits per heavy atom. The van der Waals surface area contributed by atoms with Crippen molar-refractivity contribution in [1.29, 1.82) is 0 Å². The number of carbonyl (C=O) groups excluding carboxylic acids is 1. The monoisotopic (exact) mass is 305 g/mol. The number of hydrogen-bond acceptors (Lipinski definition) is 5. The van der Waals surface area contributed by atoms with Crippen LogP contribution in [0.4, 0.5) is 0 Å². The molecule has 1 amide bonds. The number of hydrogen-bond donors (Lipinski definition) is 3. The lowest BCUT2D eigenvalue weighted by molar-refractivity contribution is -0.121. The van der Waals surface area contributed by atoms with Gasteiger partial charge in [0.2, 0.25) is 15.9 Å². The molecule has 3 N–H and O–H groups in total. The maximum Gasteiger partial charge on any atom is 0.235 e. The second kappa shape index (κ2) is 6.38. The smallest absolute Gasteiger partial charge is 0.235 e. The van der Waals surface area contributed by atoms with Crippen LogP contribution < -0.4 is 10.0 Å². The average molecular weight is 305 g/mol. The molecule has 1 saturated heterocycles. The fourth-order valence-corrected chi connectivity index (χ4v) is 3.44. The zero-order valence-electron chi connectivity index (χ0n) is 11.7. The Hall–Kier alpha value is -0.700. The van der Waals surface area contributed by atoms with E-state index in [9.17, 15) is 18.3 Å². The molecule has 0 aromatic rings. The normalized spacial score (nSPS) is 31.6. The van der Waals surface area contributed by atoms with E-state index in [2.05, 4.69) is 14.9 Å². The average Bonchev–Trinajstić information content (AvgIpc) is 2.97. The van der Waals surface area contributed by atoms with Gasteiger partial charge in [0.1, 0.15) is 0 Å². The summed E-state index contributed by atoms with van der Waals surface area (Å²) in [6.45, 7) is 1.74. The predicted molar refractivity (Wildman–Crippen MR) is 74.6 cm³/mol. The number of aliphatic hydroxyl groups is 1. The van der Waals surface area contributed by atoms with Gasteiger partial charge < -0.3 is 10.4 Å². The van der Waals surface area contributed by atoms with E-state index >= 15 is 0 Å². The highest BCUT2D eigenvalue weighted by molar-refractivity contribution is 7.88. The fraction of sp³-hybridized carbons (Fsp3) is 0.917. The zero-order valence-corrected chi connectivity index (χ0v) is 12.5. The van der Waals surface area contributed by atoms with Gasteiger partial charge in [0, 0.05) is 6.04 Å². The SMILES string of the molecule is CS(=O)(=O)NCC(=O)N[C@@H]1CC[C@@H](N2CCCC2)[C@@H]1O. The molecule has 1 aliphatic heterocycles. The molecule has 116 valence electrons. The van der Waals surface area contributed by atoms with Gasteiger partial charge in [0.25, 0.3) is 0 Å². The number of rotatable bonds is 5. The molecular weight excluding hydrogens is 282 g/mol. The third-order valence-electron chi connectivity index (χ3n) is 4.03. The predicted octanol–water partition coefficient (Wildman–Crippen LogP) is -1.36. The highest BCUT2D eigenvalue weighted by atomic mass is 32.2. The quantitative estimate of drug-likeness (QED) is 0.583. The first-order chi connectivity index (χ1) is 9.37. The third kappa shape index (κ3) is 4.15. The number of likely N-dealkylation sites (tertiary alicyclic amines) is 1. The maximum absolute atomic E-state index is 11.7. The van der Waals surface area contributed by atoms with Crippen molar-refractivity contribution in [2.45, 2.75) is 43.9 Å². The third-order valence-corrected chi connectivity index (χ3v) is 4.70. The van der Waals surface area contributed by atoms with Crippen LogP contribution in [0.25, 0.3) is 0 Å². The minimum absolute atomic E-state index is 0.116. The van der Waals surface area contributed by atoms with Crippen LogP contribution in [-0.2, 0) is 14.8 Å². The van der Waals surface area contributed by atoms with Crippen LogP contribution in [0.1, 0.15) is 25.7 Å². The lowest BCUT2D eigenvalue weighted by Crippen LogP contribution is -2.49. The van der Waals surface area contributed by atoms with E-state index in [1.807, 2.05) is 0 Å². The van der Waals surface area contributed by atoms with E-state index in [1.54, 1.807) is 0 Å². The molecule has 2 aliphatic rings. The van der Waals surface area contributed by atoms with E-state index in [0.717, 1.165) is 32.2 Å². The standard InChI is InChI=1S/C12H23N3O4S/c1-20(18,19)13-8-11(16)14-9-4-5-10(12(9)17)15-6-2-3-7-15/h9-10,12-13,17H,2-8H2,1H3,(H,14,16)/t9-,10-,12-/m1/s1. The van der Waals surface area contributed by atoms with Crippen molar-refractivity contribution in [1.82, 2.24) is 14.9 Å². The number of nitrogens with zero attached hydrogens (tertiary/aromatic N) is 1. The largest absolute Gasteiger partial charge is 0.389 e. The Morgan fingerprint density at radius 1 is 1.30 bits per heavy atom. The minimum atomic E-state index is -3.37. The van der Waals surface area contributed by atoms with E-state index in [4.69, 9.17) is 0 Å². The van der Waals surface area contributed by atoms with Crippen molar-refractivity contribution in [3.8, 4) is 0 Å². The molecule has 0 bridgehead atoms. The number of aliphatic hydroxyl groups excluding tert-OH is 1. The molecule has 2 rings (SSSR count). The summed E-state index contributed by atoms with van der Waals surface area (Å²) in [7, 11) is -3.37. The van der Waals surface area contributed by atoms with Crippen molar-refractivity contribution in [3.63, 3.8) is 0 Å². The number of amides is 1. The Labute approximate surface area is 119 Å². The van der Waals surface area contributed by atoms with Crippen molar-refractivity contribution >= 4 is 15.9 Å². The van der Waals surface area contributed by atoms with Gasteiger partial charge in [0.05, 0.1) is 24.9 Å². The first-order valence-electron chi connectivity index (χ1n) is 7.03. The van der Waals surface area contributed by atoms with Crippen LogP contribution in [0.3, 0.4) is 0 Å². The molecule has 3 atom stereocenters. The van der Waals surface area contributed by atoms with Gasteiger partial charge in [-0.25, -0.2) is 13.1 Å². The number of sulfonamides is 1. The number of carbonyl (C=O) groups is 1. The van der Waals surface area contributed by atoms with Gasteiger partial charge >= 0.3 is 0 Å². The van der Waals surface area contributed by atoms with E-state index in [0.29, 0.717) is 0 Å². The molecule has 1 heterocycles.